The molecule has 2 N–H and O–H groups in total. The molecule has 0 saturated carbocycles. The summed E-state index contributed by atoms with van der Waals surface area (Å²) in [6.45, 7) is 1.44. The molecule has 0 radical (unpaired) electrons. The zero-order valence-corrected chi connectivity index (χ0v) is 12.5. The van der Waals surface area contributed by atoms with Crippen LogP contribution in [-0.2, 0) is 10.8 Å². The number of rotatable bonds is 9. The number of aliphatic hydroxyl groups excluding tert-OH is 1. The maximum absolute atomic E-state index is 10.8. The van der Waals surface area contributed by atoms with E-state index in [0.717, 1.165) is 13.0 Å². The van der Waals surface area contributed by atoms with Crippen LogP contribution in [-0.4, -0.2) is 47.1 Å². The Bertz CT molecular complexity index is 386. The van der Waals surface area contributed by atoms with E-state index in [2.05, 4.69) is 5.32 Å². The zero-order chi connectivity index (χ0) is 14.1. The van der Waals surface area contributed by atoms with Crippen molar-refractivity contribution in [2.24, 2.45) is 0 Å². The first-order valence-corrected chi connectivity index (χ1v) is 8.25. The molecule has 6 heteroatoms. The first kappa shape index (κ1) is 16.4. The van der Waals surface area contributed by atoms with E-state index in [4.69, 9.17) is 16.3 Å². The summed E-state index contributed by atoms with van der Waals surface area (Å²) < 4.78 is 16.2. The predicted octanol–water partition coefficient (Wildman–Crippen LogP) is 1.44. The molecule has 0 bridgehead atoms. The molecule has 0 aliphatic carbocycles. The van der Waals surface area contributed by atoms with Crippen LogP contribution in [0.25, 0.3) is 0 Å². The Kier molecular flexibility index (Phi) is 8.05. The van der Waals surface area contributed by atoms with Gasteiger partial charge in [0.05, 0.1) is 0 Å². The van der Waals surface area contributed by atoms with E-state index in [-0.39, 0.29) is 6.61 Å². The minimum Gasteiger partial charge on any atom is -0.491 e. The van der Waals surface area contributed by atoms with Crippen LogP contribution < -0.4 is 10.1 Å². The average molecular weight is 306 g/mol. The second kappa shape index (κ2) is 9.31. The van der Waals surface area contributed by atoms with Gasteiger partial charge in [-0.15, -0.1) is 0 Å². The molecule has 0 heterocycles. The molecule has 19 heavy (non-hydrogen) atoms. The van der Waals surface area contributed by atoms with Gasteiger partial charge in [0.1, 0.15) is 18.5 Å². The van der Waals surface area contributed by atoms with Crippen LogP contribution in [0.2, 0.25) is 5.02 Å². The highest BCUT2D eigenvalue weighted by Gasteiger charge is 2.04. The normalized spacial score (nSPS) is 14.1. The standard InChI is InChI=1S/C13H20ClNO3S/c1-19(17)8-2-7-15-9-12(16)10-18-13-5-3-11(14)4-6-13/h3-6,12,15-16H,2,7-10H2,1H3. The summed E-state index contributed by atoms with van der Waals surface area (Å²) in [5, 5.41) is 13.5. The molecule has 0 fully saturated rings. The van der Waals surface area contributed by atoms with Gasteiger partial charge in [-0.2, -0.15) is 0 Å². The number of hydrogen-bond acceptors (Lipinski definition) is 4. The van der Waals surface area contributed by atoms with Crippen LogP contribution in [0, 0.1) is 0 Å². The second-order valence-electron chi connectivity index (χ2n) is 4.25. The maximum atomic E-state index is 10.8. The number of halogens is 1. The van der Waals surface area contributed by atoms with Gasteiger partial charge in [0.25, 0.3) is 0 Å². The molecule has 2 atom stereocenters. The summed E-state index contributed by atoms with van der Waals surface area (Å²) in [6, 6.07) is 7.01. The predicted molar refractivity (Wildman–Crippen MR) is 79.4 cm³/mol. The van der Waals surface area contributed by atoms with Gasteiger partial charge in [0, 0.05) is 34.4 Å². The van der Waals surface area contributed by atoms with Crippen molar-refractivity contribution in [2.45, 2.75) is 12.5 Å². The van der Waals surface area contributed by atoms with E-state index < -0.39 is 16.9 Å². The number of benzene rings is 1. The van der Waals surface area contributed by atoms with Gasteiger partial charge in [-0.05, 0) is 37.2 Å². The molecular weight excluding hydrogens is 286 g/mol. The molecule has 108 valence electrons. The molecule has 0 aliphatic rings. The maximum Gasteiger partial charge on any atom is 0.119 e. The van der Waals surface area contributed by atoms with Crippen molar-refractivity contribution >= 4 is 22.4 Å². The van der Waals surface area contributed by atoms with Crippen LogP contribution in [0.4, 0.5) is 0 Å². The van der Waals surface area contributed by atoms with E-state index >= 15 is 0 Å². The highest BCUT2D eigenvalue weighted by molar-refractivity contribution is 7.84. The summed E-state index contributed by atoms with van der Waals surface area (Å²) in [4.78, 5) is 0. The van der Waals surface area contributed by atoms with Crippen LogP contribution in [0.1, 0.15) is 6.42 Å². The third-order valence-electron chi connectivity index (χ3n) is 2.42. The topological polar surface area (TPSA) is 58.6 Å². The number of nitrogens with one attached hydrogen (secondary N) is 1. The van der Waals surface area contributed by atoms with Crippen molar-refractivity contribution in [1.82, 2.24) is 5.32 Å². The fourth-order valence-electron chi connectivity index (χ4n) is 1.45. The van der Waals surface area contributed by atoms with Gasteiger partial charge < -0.3 is 15.2 Å². The highest BCUT2D eigenvalue weighted by atomic mass is 35.5. The lowest BCUT2D eigenvalue weighted by atomic mass is 10.3. The molecule has 0 aliphatic heterocycles. The minimum atomic E-state index is -0.748. The number of ether oxygens (including phenoxy) is 1. The zero-order valence-electron chi connectivity index (χ0n) is 11.0. The summed E-state index contributed by atoms with van der Waals surface area (Å²) in [5.74, 6) is 1.37. The lowest BCUT2D eigenvalue weighted by Gasteiger charge is -2.13. The molecule has 0 saturated heterocycles. The lowest BCUT2D eigenvalue weighted by molar-refractivity contribution is 0.106. The largest absolute Gasteiger partial charge is 0.491 e. The van der Waals surface area contributed by atoms with Gasteiger partial charge in [-0.3, -0.25) is 4.21 Å². The average Bonchev–Trinajstić information content (AvgIpc) is 2.37. The first-order chi connectivity index (χ1) is 9.08. The van der Waals surface area contributed by atoms with Crippen molar-refractivity contribution in [3.63, 3.8) is 0 Å². The molecule has 1 aromatic carbocycles. The summed E-state index contributed by atoms with van der Waals surface area (Å²) in [6.07, 6.45) is 1.96. The third-order valence-corrected chi connectivity index (χ3v) is 3.54. The molecule has 1 rings (SSSR count). The Morgan fingerprint density at radius 2 is 2.11 bits per heavy atom. The second-order valence-corrected chi connectivity index (χ2v) is 6.24. The Balaban J connectivity index is 2.09. The van der Waals surface area contributed by atoms with Crippen LogP contribution in [0.3, 0.4) is 0 Å². The van der Waals surface area contributed by atoms with Crippen LogP contribution >= 0.6 is 11.6 Å². The van der Waals surface area contributed by atoms with E-state index in [9.17, 15) is 9.32 Å². The molecule has 0 spiro atoms. The van der Waals surface area contributed by atoms with Crippen LogP contribution in [0.5, 0.6) is 5.75 Å². The van der Waals surface area contributed by atoms with E-state index in [1.807, 2.05) is 0 Å². The first-order valence-electron chi connectivity index (χ1n) is 6.15. The van der Waals surface area contributed by atoms with Gasteiger partial charge in [-0.25, -0.2) is 0 Å². The molecule has 0 amide bonds. The Morgan fingerprint density at radius 3 is 2.74 bits per heavy atom. The fourth-order valence-corrected chi connectivity index (χ4v) is 2.13. The van der Waals surface area contributed by atoms with Crippen molar-refractivity contribution < 1.29 is 14.1 Å². The quantitative estimate of drug-likeness (QED) is 0.678. The molecule has 0 aromatic heterocycles. The van der Waals surface area contributed by atoms with Gasteiger partial charge >= 0.3 is 0 Å². The highest BCUT2D eigenvalue weighted by Crippen LogP contribution is 2.15. The van der Waals surface area contributed by atoms with Crippen LogP contribution in [0.15, 0.2) is 24.3 Å². The smallest absolute Gasteiger partial charge is 0.119 e. The van der Waals surface area contributed by atoms with E-state index in [1.165, 1.54) is 0 Å². The molecule has 2 unspecified atom stereocenters. The monoisotopic (exact) mass is 305 g/mol. The molecule has 4 nitrogen and oxygen atoms in total. The number of hydrogen-bond donors (Lipinski definition) is 2. The fraction of sp³-hybridized carbons (Fsp3) is 0.538. The minimum absolute atomic E-state index is 0.230. The molecule has 1 aromatic rings. The summed E-state index contributed by atoms with van der Waals surface area (Å²) in [7, 11) is -0.748. The third kappa shape index (κ3) is 8.21. The Hall–Kier alpha value is -0.620. The SMILES string of the molecule is CS(=O)CCCNCC(O)COc1ccc(Cl)cc1. The van der Waals surface area contributed by atoms with Crippen molar-refractivity contribution in [3.05, 3.63) is 29.3 Å². The van der Waals surface area contributed by atoms with Gasteiger partial charge in [0.15, 0.2) is 0 Å². The van der Waals surface area contributed by atoms with E-state index in [0.29, 0.717) is 23.1 Å². The van der Waals surface area contributed by atoms with Crippen molar-refractivity contribution in [1.29, 1.82) is 0 Å². The Labute approximate surface area is 121 Å². The molecular formula is C13H20ClNO3S. The van der Waals surface area contributed by atoms with Gasteiger partial charge in [0.2, 0.25) is 0 Å². The Morgan fingerprint density at radius 1 is 1.42 bits per heavy atom. The van der Waals surface area contributed by atoms with E-state index in [1.54, 1.807) is 30.5 Å². The van der Waals surface area contributed by atoms with Gasteiger partial charge in [-0.1, -0.05) is 11.6 Å². The van der Waals surface area contributed by atoms with Crippen molar-refractivity contribution in [2.75, 3.05) is 31.7 Å². The summed E-state index contributed by atoms with van der Waals surface area (Å²) in [5.41, 5.74) is 0. The summed E-state index contributed by atoms with van der Waals surface area (Å²) >= 11 is 5.76. The number of aliphatic hydroxyl groups is 1. The lowest BCUT2D eigenvalue weighted by Crippen LogP contribution is -2.32. The van der Waals surface area contributed by atoms with Crippen molar-refractivity contribution in [3.8, 4) is 5.75 Å².